The maximum Gasteiger partial charge on any atom is 0.333 e. The number of hydrogen-bond donors (Lipinski definition) is 1. The van der Waals surface area contributed by atoms with Crippen molar-refractivity contribution in [1.29, 1.82) is 0 Å². The van der Waals surface area contributed by atoms with Gasteiger partial charge in [0.2, 0.25) is 0 Å². The third kappa shape index (κ3) is 3.47. The van der Waals surface area contributed by atoms with E-state index in [0.717, 1.165) is 6.42 Å². The Bertz CT molecular complexity index is 626. The van der Waals surface area contributed by atoms with Gasteiger partial charge in [0, 0.05) is 7.05 Å². The summed E-state index contributed by atoms with van der Waals surface area (Å²) in [7, 11) is 1.81. The van der Waals surface area contributed by atoms with Crippen molar-refractivity contribution in [2.45, 2.75) is 19.9 Å². The molecule has 112 valence electrons. The normalized spacial score (nSPS) is 10.4. The molecule has 1 aromatic heterocycles. The molecule has 0 aliphatic rings. The standard InChI is InChI=1S/C13H17N5O3/c1-3-7-21-11-6-4-5-10(13(11)18(19)20)14-8-12-16-15-9-17(12)2/h4-6,9,14H,3,7-8H2,1-2H3. The topological polar surface area (TPSA) is 95.1 Å². The number of benzene rings is 1. The van der Waals surface area contributed by atoms with E-state index in [1.54, 1.807) is 29.1 Å². The minimum absolute atomic E-state index is 0.0619. The number of nitro groups is 1. The Hall–Kier alpha value is -2.64. The lowest BCUT2D eigenvalue weighted by Crippen LogP contribution is -2.08. The molecule has 0 bridgehead atoms. The third-order valence-electron chi connectivity index (χ3n) is 2.89. The molecule has 0 saturated heterocycles. The first-order valence-corrected chi connectivity index (χ1v) is 6.60. The van der Waals surface area contributed by atoms with Gasteiger partial charge >= 0.3 is 5.69 Å². The molecule has 8 nitrogen and oxygen atoms in total. The zero-order chi connectivity index (χ0) is 15.2. The van der Waals surface area contributed by atoms with Crippen molar-refractivity contribution < 1.29 is 9.66 Å². The van der Waals surface area contributed by atoms with Crippen LogP contribution in [0.2, 0.25) is 0 Å². The van der Waals surface area contributed by atoms with Crippen molar-refractivity contribution >= 4 is 11.4 Å². The van der Waals surface area contributed by atoms with Gasteiger partial charge in [0.1, 0.15) is 12.0 Å². The third-order valence-corrected chi connectivity index (χ3v) is 2.89. The lowest BCUT2D eigenvalue weighted by Gasteiger charge is -2.10. The van der Waals surface area contributed by atoms with E-state index in [1.807, 2.05) is 14.0 Å². The SMILES string of the molecule is CCCOc1cccc(NCc2nncn2C)c1[N+](=O)[O-]. The van der Waals surface area contributed by atoms with Gasteiger partial charge in [-0.2, -0.15) is 0 Å². The number of hydrogen-bond acceptors (Lipinski definition) is 6. The Morgan fingerprint density at radius 2 is 2.29 bits per heavy atom. The van der Waals surface area contributed by atoms with E-state index in [9.17, 15) is 10.1 Å². The molecular formula is C13H17N5O3. The highest BCUT2D eigenvalue weighted by atomic mass is 16.6. The summed E-state index contributed by atoms with van der Waals surface area (Å²) in [6, 6.07) is 4.96. The van der Waals surface area contributed by atoms with Gasteiger partial charge in [-0.05, 0) is 18.6 Å². The van der Waals surface area contributed by atoms with Crippen LogP contribution in [-0.4, -0.2) is 26.3 Å². The number of rotatable bonds is 7. The lowest BCUT2D eigenvalue weighted by molar-refractivity contribution is -0.385. The number of nitrogens with one attached hydrogen (secondary N) is 1. The Morgan fingerprint density at radius 1 is 1.48 bits per heavy atom. The van der Waals surface area contributed by atoms with E-state index in [2.05, 4.69) is 15.5 Å². The molecule has 0 unspecified atom stereocenters. The average Bonchev–Trinajstić information content (AvgIpc) is 2.87. The Labute approximate surface area is 121 Å². The van der Waals surface area contributed by atoms with Crippen LogP contribution in [0.25, 0.3) is 0 Å². The predicted octanol–water partition coefficient (Wildman–Crippen LogP) is 2.12. The summed E-state index contributed by atoms with van der Waals surface area (Å²) in [5, 5.41) is 22.0. The maximum atomic E-state index is 11.3. The van der Waals surface area contributed by atoms with Crippen LogP contribution in [0.1, 0.15) is 19.2 Å². The van der Waals surface area contributed by atoms with Gasteiger partial charge in [-0.25, -0.2) is 0 Å². The first-order chi connectivity index (χ1) is 10.1. The van der Waals surface area contributed by atoms with Crippen LogP contribution in [-0.2, 0) is 13.6 Å². The van der Waals surface area contributed by atoms with Crippen LogP contribution in [0, 0.1) is 10.1 Å². The number of aromatic nitrogens is 3. The van der Waals surface area contributed by atoms with E-state index in [4.69, 9.17) is 4.74 Å². The Morgan fingerprint density at radius 3 is 2.90 bits per heavy atom. The second kappa shape index (κ2) is 6.69. The molecule has 0 amide bonds. The Balaban J connectivity index is 2.21. The number of aryl methyl sites for hydroxylation is 1. The molecule has 2 aromatic rings. The smallest absolute Gasteiger partial charge is 0.333 e. The summed E-state index contributed by atoms with van der Waals surface area (Å²) < 4.78 is 7.18. The van der Waals surface area contributed by atoms with Gasteiger partial charge < -0.3 is 14.6 Å². The van der Waals surface area contributed by atoms with Crippen molar-refractivity contribution in [2.75, 3.05) is 11.9 Å². The number of nitrogens with zero attached hydrogens (tertiary/aromatic N) is 4. The minimum Gasteiger partial charge on any atom is -0.487 e. The van der Waals surface area contributed by atoms with Gasteiger partial charge in [0.25, 0.3) is 0 Å². The quantitative estimate of drug-likeness (QED) is 0.620. The van der Waals surface area contributed by atoms with E-state index in [-0.39, 0.29) is 11.4 Å². The molecule has 8 heteroatoms. The van der Waals surface area contributed by atoms with E-state index >= 15 is 0 Å². The summed E-state index contributed by atoms with van der Waals surface area (Å²) in [5.74, 6) is 0.953. The number of nitro benzene ring substituents is 1. The summed E-state index contributed by atoms with van der Waals surface area (Å²) >= 11 is 0. The summed E-state index contributed by atoms with van der Waals surface area (Å²) in [4.78, 5) is 10.8. The van der Waals surface area contributed by atoms with Crippen LogP contribution in [0.3, 0.4) is 0 Å². The predicted molar refractivity (Wildman–Crippen MR) is 77.2 cm³/mol. The summed E-state index contributed by atoms with van der Waals surface area (Å²) in [6.07, 6.45) is 2.36. The second-order valence-electron chi connectivity index (χ2n) is 4.47. The van der Waals surface area contributed by atoms with Crippen molar-refractivity contribution in [2.24, 2.45) is 7.05 Å². The summed E-state index contributed by atoms with van der Waals surface area (Å²) in [5.41, 5.74) is 0.338. The highest BCUT2D eigenvalue weighted by Gasteiger charge is 2.21. The highest BCUT2D eigenvalue weighted by Crippen LogP contribution is 2.35. The number of para-hydroxylation sites is 1. The molecule has 21 heavy (non-hydrogen) atoms. The van der Waals surface area contributed by atoms with Gasteiger partial charge in [-0.1, -0.05) is 13.0 Å². The van der Waals surface area contributed by atoms with Crippen molar-refractivity contribution in [3.8, 4) is 5.75 Å². The van der Waals surface area contributed by atoms with Gasteiger partial charge in [0.05, 0.1) is 18.1 Å². The fourth-order valence-electron chi connectivity index (χ4n) is 1.82. The van der Waals surface area contributed by atoms with Crippen molar-refractivity contribution in [1.82, 2.24) is 14.8 Å². The molecule has 0 radical (unpaired) electrons. The van der Waals surface area contributed by atoms with E-state index < -0.39 is 4.92 Å². The zero-order valence-corrected chi connectivity index (χ0v) is 11.9. The molecule has 2 rings (SSSR count). The molecule has 0 atom stereocenters. The number of anilines is 1. The van der Waals surface area contributed by atoms with Gasteiger partial charge in [-0.3, -0.25) is 10.1 Å². The average molecular weight is 291 g/mol. The minimum atomic E-state index is -0.440. The van der Waals surface area contributed by atoms with Crippen LogP contribution in [0.4, 0.5) is 11.4 Å². The molecule has 1 N–H and O–H groups in total. The largest absolute Gasteiger partial charge is 0.487 e. The monoisotopic (exact) mass is 291 g/mol. The second-order valence-corrected chi connectivity index (χ2v) is 4.47. The fourth-order valence-corrected chi connectivity index (χ4v) is 1.82. The van der Waals surface area contributed by atoms with E-state index in [1.165, 1.54) is 0 Å². The molecule has 1 aromatic carbocycles. The van der Waals surface area contributed by atoms with Crippen LogP contribution in [0.15, 0.2) is 24.5 Å². The molecule has 0 saturated carbocycles. The van der Waals surface area contributed by atoms with Gasteiger partial charge in [-0.15, -0.1) is 10.2 Å². The van der Waals surface area contributed by atoms with Crippen molar-refractivity contribution in [3.63, 3.8) is 0 Å². The molecule has 0 fully saturated rings. The van der Waals surface area contributed by atoms with E-state index in [0.29, 0.717) is 24.7 Å². The zero-order valence-electron chi connectivity index (χ0n) is 11.9. The van der Waals surface area contributed by atoms with Crippen LogP contribution in [0.5, 0.6) is 5.75 Å². The van der Waals surface area contributed by atoms with Crippen molar-refractivity contribution in [3.05, 3.63) is 40.5 Å². The Kier molecular flexibility index (Phi) is 4.70. The highest BCUT2D eigenvalue weighted by molar-refractivity contribution is 5.68. The molecule has 1 heterocycles. The fraction of sp³-hybridized carbons (Fsp3) is 0.385. The van der Waals surface area contributed by atoms with Crippen LogP contribution < -0.4 is 10.1 Å². The first kappa shape index (κ1) is 14.8. The molecule has 0 aliphatic heterocycles. The molecule has 0 aliphatic carbocycles. The lowest BCUT2D eigenvalue weighted by atomic mass is 10.2. The van der Waals surface area contributed by atoms with Crippen LogP contribution >= 0.6 is 0 Å². The molecular weight excluding hydrogens is 274 g/mol. The van der Waals surface area contributed by atoms with Gasteiger partial charge in [0.15, 0.2) is 11.6 Å². The first-order valence-electron chi connectivity index (χ1n) is 6.60. The summed E-state index contributed by atoms with van der Waals surface area (Å²) in [6.45, 7) is 2.73. The number of ether oxygens (including phenoxy) is 1. The maximum absolute atomic E-state index is 11.3. The molecule has 0 spiro atoms.